The molecule has 2 saturated heterocycles. The summed E-state index contributed by atoms with van der Waals surface area (Å²) < 4.78 is 0. The molecule has 2 bridgehead atoms. The maximum Gasteiger partial charge on any atom is 0.0408 e. The Kier molecular flexibility index (Phi) is 2.92. The molecule has 0 N–H and O–H groups in total. The number of hydrogen-bond donors (Lipinski definition) is 0. The molecule has 0 spiro atoms. The van der Waals surface area contributed by atoms with E-state index in [0.29, 0.717) is 11.6 Å². The zero-order valence-electron chi connectivity index (χ0n) is 13.1. The average molecular weight is 257 g/mol. The van der Waals surface area contributed by atoms with Crippen LogP contribution < -0.4 is 4.90 Å². The van der Waals surface area contributed by atoms with Gasteiger partial charge in [0.2, 0.25) is 0 Å². The first kappa shape index (κ1) is 13.0. The Morgan fingerprint density at radius 3 is 2.32 bits per heavy atom. The quantitative estimate of drug-likeness (QED) is 0.700. The van der Waals surface area contributed by atoms with Crippen LogP contribution in [0.1, 0.15) is 56.2 Å². The summed E-state index contributed by atoms with van der Waals surface area (Å²) in [4.78, 5) is 2.76. The highest BCUT2D eigenvalue weighted by Gasteiger charge is 2.47. The molecule has 0 radical (unpaired) electrons. The second-order valence-corrected chi connectivity index (χ2v) is 7.17. The molecule has 19 heavy (non-hydrogen) atoms. The molecule has 0 aromatic heterocycles. The van der Waals surface area contributed by atoms with Gasteiger partial charge in [0, 0.05) is 17.3 Å². The van der Waals surface area contributed by atoms with Gasteiger partial charge < -0.3 is 4.90 Å². The van der Waals surface area contributed by atoms with Gasteiger partial charge in [0.15, 0.2) is 0 Å². The standard InChI is InChI=1S/C18H27N/c1-12-10-13(2)14(3)17(11-12)19-15(4)16-6-8-18(19,5)9-7-16/h10-11,15-16H,6-9H2,1-5H3. The molecule has 2 heterocycles. The fourth-order valence-corrected chi connectivity index (χ4v) is 4.47. The van der Waals surface area contributed by atoms with Crippen LogP contribution in [-0.4, -0.2) is 11.6 Å². The van der Waals surface area contributed by atoms with E-state index in [0.717, 1.165) is 5.92 Å². The van der Waals surface area contributed by atoms with Crippen LogP contribution >= 0.6 is 0 Å². The minimum absolute atomic E-state index is 0.388. The van der Waals surface area contributed by atoms with Gasteiger partial charge in [-0.15, -0.1) is 0 Å². The number of aryl methyl sites for hydroxylation is 2. The molecule has 1 aromatic carbocycles. The summed E-state index contributed by atoms with van der Waals surface area (Å²) in [6.45, 7) is 11.7. The highest BCUT2D eigenvalue weighted by Crippen LogP contribution is 2.49. The molecule has 104 valence electrons. The van der Waals surface area contributed by atoms with E-state index in [-0.39, 0.29) is 0 Å². The third kappa shape index (κ3) is 1.89. The number of nitrogens with zero attached hydrogens (tertiary/aromatic N) is 1. The van der Waals surface area contributed by atoms with Crippen molar-refractivity contribution in [3.8, 4) is 0 Å². The fourth-order valence-electron chi connectivity index (χ4n) is 4.47. The molecule has 2 aliphatic heterocycles. The van der Waals surface area contributed by atoms with E-state index in [9.17, 15) is 0 Å². The van der Waals surface area contributed by atoms with E-state index in [1.807, 2.05) is 0 Å². The lowest BCUT2D eigenvalue weighted by Crippen LogP contribution is -2.61. The topological polar surface area (TPSA) is 3.24 Å². The number of hydrogen-bond acceptors (Lipinski definition) is 1. The number of benzene rings is 1. The summed E-state index contributed by atoms with van der Waals surface area (Å²) >= 11 is 0. The van der Waals surface area contributed by atoms with Crippen LogP contribution in [0.4, 0.5) is 5.69 Å². The van der Waals surface area contributed by atoms with Crippen molar-refractivity contribution in [2.45, 2.75) is 71.9 Å². The Morgan fingerprint density at radius 1 is 1.11 bits per heavy atom. The number of rotatable bonds is 1. The molecule has 1 unspecified atom stereocenters. The van der Waals surface area contributed by atoms with E-state index in [2.05, 4.69) is 51.7 Å². The van der Waals surface area contributed by atoms with Crippen LogP contribution in [0, 0.1) is 26.7 Å². The predicted molar refractivity (Wildman–Crippen MR) is 83.0 cm³/mol. The van der Waals surface area contributed by atoms with Gasteiger partial charge in [0.25, 0.3) is 0 Å². The second kappa shape index (κ2) is 4.26. The highest BCUT2D eigenvalue weighted by atomic mass is 15.2. The van der Waals surface area contributed by atoms with Gasteiger partial charge in [0.1, 0.15) is 0 Å². The van der Waals surface area contributed by atoms with E-state index in [4.69, 9.17) is 0 Å². The van der Waals surface area contributed by atoms with Crippen LogP contribution in [0.25, 0.3) is 0 Å². The first-order chi connectivity index (χ1) is 8.92. The number of fused-ring (bicyclic) bond motifs is 3. The van der Waals surface area contributed by atoms with Crippen molar-refractivity contribution >= 4 is 5.69 Å². The lowest BCUT2D eigenvalue weighted by molar-refractivity contribution is 0.134. The molecule has 1 atom stereocenters. The summed E-state index contributed by atoms with van der Waals surface area (Å²) in [5.74, 6) is 0.905. The van der Waals surface area contributed by atoms with Crippen LogP contribution in [-0.2, 0) is 0 Å². The lowest BCUT2D eigenvalue weighted by Gasteiger charge is -2.58. The molecule has 1 heteroatoms. The van der Waals surface area contributed by atoms with E-state index in [1.54, 1.807) is 0 Å². The Labute approximate surface area is 118 Å². The van der Waals surface area contributed by atoms with Gasteiger partial charge in [-0.1, -0.05) is 6.07 Å². The van der Waals surface area contributed by atoms with Gasteiger partial charge in [-0.3, -0.25) is 0 Å². The smallest absolute Gasteiger partial charge is 0.0408 e. The molecule has 3 aliphatic rings. The normalized spacial score (nSPS) is 33.8. The van der Waals surface area contributed by atoms with Crippen molar-refractivity contribution in [1.82, 2.24) is 0 Å². The van der Waals surface area contributed by atoms with Gasteiger partial charge >= 0.3 is 0 Å². The fraction of sp³-hybridized carbons (Fsp3) is 0.667. The molecule has 3 fully saturated rings. The number of piperidine rings is 2. The average Bonchev–Trinajstić information content (AvgIpc) is 2.35. The summed E-state index contributed by atoms with van der Waals surface area (Å²) in [5, 5.41) is 0. The Bertz CT molecular complexity index is 495. The maximum absolute atomic E-state index is 2.76. The van der Waals surface area contributed by atoms with Gasteiger partial charge in [-0.25, -0.2) is 0 Å². The van der Waals surface area contributed by atoms with Crippen molar-refractivity contribution in [2.24, 2.45) is 5.92 Å². The first-order valence-corrected chi connectivity index (χ1v) is 7.79. The third-order valence-electron chi connectivity index (χ3n) is 5.82. The number of anilines is 1. The molecule has 1 aromatic rings. The SMILES string of the molecule is Cc1cc(C)c(C)c(N2C(C)C3CCC2(C)CC3)c1. The van der Waals surface area contributed by atoms with Crippen LogP contribution in [0.5, 0.6) is 0 Å². The van der Waals surface area contributed by atoms with Crippen molar-refractivity contribution in [3.05, 3.63) is 28.8 Å². The minimum atomic E-state index is 0.388. The molecule has 1 saturated carbocycles. The van der Waals surface area contributed by atoms with Gasteiger partial charge in [-0.05, 0) is 89.0 Å². The zero-order chi connectivity index (χ0) is 13.8. The Balaban J connectivity index is 2.11. The Hall–Kier alpha value is -0.980. The second-order valence-electron chi connectivity index (χ2n) is 7.17. The summed E-state index contributed by atoms with van der Waals surface area (Å²) in [6.07, 6.45) is 5.60. The van der Waals surface area contributed by atoms with Gasteiger partial charge in [-0.2, -0.15) is 0 Å². The van der Waals surface area contributed by atoms with Crippen LogP contribution in [0.2, 0.25) is 0 Å². The monoisotopic (exact) mass is 257 g/mol. The van der Waals surface area contributed by atoms with Crippen molar-refractivity contribution in [2.75, 3.05) is 4.90 Å². The minimum Gasteiger partial charge on any atom is -0.363 e. The summed E-state index contributed by atoms with van der Waals surface area (Å²) in [7, 11) is 0. The van der Waals surface area contributed by atoms with Crippen molar-refractivity contribution in [1.29, 1.82) is 0 Å². The van der Waals surface area contributed by atoms with Crippen LogP contribution in [0.3, 0.4) is 0 Å². The van der Waals surface area contributed by atoms with Gasteiger partial charge in [0.05, 0.1) is 0 Å². The maximum atomic E-state index is 2.76. The highest BCUT2D eigenvalue weighted by molar-refractivity contribution is 5.61. The predicted octanol–water partition coefficient (Wildman–Crippen LogP) is 4.77. The van der Waals surface area contributed by atoms with Crippen molar-refractivity contribution in [3.63, 3.8) is 0 Å². The van der Waals surface area contributed by atoms with E-state index in [1.165, 1.54) is 48.1 Å². The summed E-state index contributed by atoms with van der Waals surface area (Å²) in [6, 6.07) is 5.42. The molecule has 0 amide bonds. The largest absolute Gasteiger partial charge is 0.363 e. The van der Waals surface area contributed by atoms with Crippen LogP contribution in [0.15, 0.2) is 12.1 Å². The first-order valence-electron chi connectivity index (χ1n) is 7.79. The van der Waals surface area contributed by atoms with Crippen molar-refractivity contribution < 1.29 is 0 Å². The Morgan fingerprint density at radius 2 is 1.74 bits per heavy atom. The molecular weight excluding hydrogens is 230 g/mol. The van der Waals surface area contributed by atoms with E-state index < -0.39 is 0 Å². The molecule has 1 nitrogen and oxygen atoms in total. The summed E-state index contributed by atoms with van der Waals surface area (Å²) in [5.41, 5.74) is 6.20. The molecule has 1 aliphatic carbocycles. The molecule has 4 rings (SSSR count). The van der Waals surface area contributed by atoms with E-state index >= 15 is 0 Å². The molecular formula is C18H27N. The lowest BCUT2D eigenvalue weighted by atomic mass is 9.67. The third-order valence-corrected chi connectivity index (χ3v) is 5.82. The zero-order valence-corrected chi connectivity index (χ0v) is 13.1.